The number of hydrazone groups is 1. The number of aryl methyl sites for hydroxylation is 1. The fourth-order valence-corrected chi connectivity index (χ4v) is 5.28. The zero-order valence-corrected chi connectivity index (χ0v) is 23.9. The Hall–Kier alpha value is -4.74. The molecule has 9 nitrogen and oxygen atoms in total. The predicted octanol–water partition coefficient (Wildman–Crippen LogP) is 5.15. The van der Waals surface area contributed by atoms with Gasteiger partial charge in [-0.15, -0.1) is 0 Å². The molecule has 0 radical (unpaired) electrons. The van der Waals surface area contributed by atoms with Crippen LogP contribution in [0.1, 0.15) is 11.1 Å². The number of halogens is 2. The number of anilines is 2. The molecule has 4 aromatic carbocycles. The molecule has 0 unspecified atom stereocenters. The number of rotatable bonds is 11. The first-order chi connectivity index (χ1) is 20.1. The van der Waals surface area contributed by atoms with Crippen molar-refractivity contribution in [2.75, 3.05) is 22.8 Å². The number of benzene rings is 4. The summed E-state index contributed by atoms with van der Waals surface area (Å²) in [5.74, 6) is -1.19. The van der Waals surface area contributed by atoms with Crippen LogP contribution in [-0.4, -0.2) is 39.6 Å². The van der Waals surface area contributed by atoms with Crippen molar-refractivity contribution < 1.29 is 27.1 Å². The van der Waals surface area contributed by atoms with Gasteiger partial charge < -0.3 is 10.1 Å². The van der Waals surface area contributed by atoms with Gasteiger partial charge in [-0.3, -0.25) is 13.9 Å². The van der Waals surface area contributed by atoms with Crippen molar-refractivity contribution in [1.82, 2.24) is 5.43 Å². The first kappa shape index (κ1) is 30.2. The van der Waals surface area contributed by atoms with E-state index in [0.29, 0.717) is 22.0 Å². The zero-order chi connectivity index (χ0) is 30.1. The van der Waals surface area contributed by atoms with Gasteiger partial charge in [0.2, 0.25) is 0 Å². The van der Waals surface area contributed by atoms with E-state index in [2.05, 4.69) is 15.8 Å². The van der Waals surface area contributed by atoms with Gasteiger partial charge in [-0.25, -0.2) is 18.2 Å². The number of amides is 2. The van der Waals surface area contributed by atoms with E-state index in [1.54, 1.807) is 72.8 Å². The maximum Gasteiger partial charge on any atom is 0.264 e. The Bertz CT molecular complexity index is 1680. The highest BCUT2D eigenvalue weighted by atomic mass is 35.5. The highest BCUT2D eigenvalue weighted by molar-refractivity contribution is 7.92. The van der Waals surface area contributed by atoms with Crippen LogP contribution in [0, 0.1) is 12.7 Å². The lowest BCUT2D eigenvalue weighted by atomic mass is 10.2. The smallest absolute Gasteiger partial charge is 0.264 e. The summed E-state index contributed by atoms with van der Waals surface area (Å²) in [6.07, 6.45) is 1.37. The van der Waals surface area contributed by atoms with Gasteiger partial charge in [0.05, 0.1) is 16.8 Å². The minimum atomic E-state index is -4.19. The normalized spacial score (nSPS) is 11.2. The summed E-state index contributed by atoms with van der Waals surface area (Å²) < 4.78 is 46.5. The first-order valence-electron chi connectivity index (χ1n) is 12.6. The molecule has 2 amide bonds. The molecule has 0 fully saturated rings. The molecule has 4 aromatic rings. The molecule has 0 heterocycles. The third-order valence-corrected chi connectivity index (χ3v) is 7.80. The number of carbonyl (C=O) groups is 2. The van der Waals surface area contributed by atoms with Crippen LogP contribution in [0.25, 0.3) is 0 Å². The third-order valence-electron chi connectivity index (χ3n) is 5.77. The number of sulfonamides is 1. The fourth-order valence-electron chi connectivity index (χ4n) is 3.67. The van der Waals surface area contributed by atoms with Gasteiger partial charge in [-0.05, 0) is 91.3 Å². The second-order valence-electron chi connectivity index (χ2n) is 9.01. The van der Waals surface area contributed by atoms with E-state index in [-0.39, 0.29) is 23.1 Å². The van der Waals surface area contributed by atoms with Crippen LogP contribution < -0.4 is 19.8 Å². The van der Waals surface area contributed by atoms with E-state index in [1.807, 2.05) is 6.92 Å². The SMILES string of the molecule is Cc1ccc(N(CC(=O)N/N=C\c2ccc(OCC(=O)Nc3cccc(Cl)c3)cc2)S(=O)(=O)c2ccc(F)cc2)cc1. The minimum absolute atomic E-state index is 0.162. The summed E-state index contributed by atoms with van der Waals surface area (Å²) in [5, 5.41) is 7.10. The number of hydrogen-bond acceptors (Lipinski definition) is 6. The molecule has 4 rings (SSSR count). The Morgan fingerprint density at radius 2 is 1.64 bits per heavy atom. The Labute approximate surface area is 247 Å². The second kappa shape index (κ2) is 13.7. The highest BCUT2D eigenvalue weighted by Gasteiger charge is 2.27. The average molecular weight is 609 g/mol. The zero-order valence-electron chi connectivity index (χ0n) is 22.3. The van der Waals surface area contributed by atoms with Gasteiger partial charge in [0, 0.05) is 10.7 Å². The summed E-state index contributed by atoms with van der Waals surface area (Å²) in [5.41, 5.74) is 4.67. The van der Waals surface area contributed by atoms with E-state index >= 15 is 0 Å². The minimum Gasteiger partial charge on any atom is -0.484 e. The van der Waals surface area contributed by atoms with Gasteiger partial charge in [0.1, 0.15) is 18.1 Å². The van der Waals surface area contributed by atoms with Gasteiger partial charge in [-0.1, -0.05) is 35.4 Å². The number of carbonyl (C=O) groups excluding carboxylic acids is 2. The van der Waals surface area contributed by atoms with Crippen molar-refractivity contribution in [3.8, 4) is 5.75 Å². The Morgan fingerprint density at radius 1 is 0.952 bits per heavy atom. The van der Waals surface area contributed by atoms with Crippen molar-refractivity contribution >= 4 is 51.0 Å². The monoisotopic (exact) mass is 608 g/mol. The van der Waals surface area contributed by atoms with Crippen LogP contribution in [0.15, 0.2) is 107 Å². The van der Waals surface area contributed by atoms with Crippen LogP contribution in [0.3, 0.4) is 0 Å². The van der Waals surface area contributed by atoms with Gasteiger partial charge in [-0.2, -0.15) is 5.10 Å². The van der Waals surface area contributed by atoms with E-state index in [1.165, 1.54) is 6.21 Å². The molecule has 0 aliphatic rings. The molecule has 0 bridgehead atoms. The molecular formula is C30H26ClFN4O5S. The quantitative estimate of drug-likeness (QED) is 0.180. The lowest BCUT2D eigenvalue weighted by Gasteiger charge is -2.23. The van der Waals surface area contributed by atoms with E-state index < -0.39 is 28.3 Å². The van der Waals surface area contributed by atoms with Crippen molar-refractivity contribution in [1.29, 1.82) is 0 Å². The second-order valence-corrected chi connectivity index (χ2v) is 11.3. The van der Waals surface area contributed by atoms with Crippen molar-refractivity contribution in [3.05, 3.63) is 119 Å². The van der Waals surface area contributed by atoms with E-state index in [9.17, 15) is 22.4 Å². The molecule has 0 aromatic heterocycles. The molecule has 0 aliphatic heterocycles. The summed E-state index contributed by atoms with van der Waals surface area (Å²) in [7, 11) is -4.19. The summed E-state index contributed by atoms with van der Waals surface area (Å²) >= 11 is 5.91. The van der Waals surface area contributed by atoms with Crippen LogP contribution in [0.5, 0.6) is 5.75 Å². The number of hydrogen-bond donors (Lipinski definition) is 2. The Balaban J connectivity index is 1.34. The lowest BCUT2D eigenvalue weighted by molar-refractivity contribution is -0.119. The molecule has 0 saturated heterocycles. The van der Waals surface area contributed by atoms with Crippen LogP contribution >= 0.6 is 11.6 Å². The number of nitrogens with zero attached hydrogens (tertiary/aromatic N) is 2. The molecular weight excluding hydrogens is 583 g/mol. The molecule has 0 aliphatic carbocycles. The first-order valence-corrected chi connectivity index (χ1v) is 14.4. The van der Waals surface area contributed by atoms with Gasteiger partial charge in [0.25, 0.3) is 21.8 Å². The van der Waals surface area contributed by atoms with Gasteiger partial charge in [0.15, 0.2) is 6.61 Å². The Morgan fingerprint density at radius 3 is 2.31 bits per heavy atom. The Kier molecular flexibility index (Phi) is 9.89. The van der Waals surface area contributed by atoms with Crippen molar-refractivity contribution in [3.63, 3.8) is 0 Å². The van der Waals surface area contributed by atoms with E-state index in [4.69, 9.17) is 16.3 Å². The van der Waals surface area contributed by atoms with E-state index in [0.717, 1.165) is 34.1 Å². The third kappa shape index (κ3) is 8.38. The fraction of sp³-hybridized carbons (Fsp3) is 0.100. The van der Waals surface area contributed by atoms with Crippen LogP contribution in [0.2, 0.25) is 5.02 Å². The summed E-state index contributed by atoms with van der Waals surface area (Å²) in [6.45, 7) is 1.07. The molecule has 0 atom stereocenters. The standard InChI is InChI=1S/C30H26ClFN4O5S/c1-21-5-11-26(12-6-21)36(42(39,40)28-15-9-24(32)10-16-28)19-29(37)35-33-18-22-7-13-27(14-8-22)41-20-30(38)34-25-4-2-3-23(31)17-25/h2-18H,19-20H2,1H3,(H,34,38)(H,35,37)/b33-18-. The summed E-state index contributed by atoms with van der Waals surface area (Å²) in [6, 6.07) is 24.3. The topological polar surface area (TPSA) is 117 Å². The summed E-state index contributed by atoms with van der Waals surface area (Å²) in [4.78, 5) is 24.7. The molecule has 2 N–H and O–H groups in total. The largest absolute Gasteiger partial charge is 0.484 e. The molecule has 12 heteroatoms. The molecule has 216 valence electrons. The maximum absolute atomic E-state index is 13.4. The molecule has 0 spiro atoms. The number of ether oxygens (including phenoxy) is 1. The molecule has 0 saturated carbocycles. The van der Waals surface area contributed by atoms with Crippen LogP contribution in [-0.2, 0) is 19.6 Å². The van der Waals surface area contributed by atoms with Crippen molar-refractivity contribution in [2.24, 2.45) is 5.10 Å². The van der Waals surface area contributed by atoms with Crippen LogP contribution in [0.4, 0.5) is 15.8 Å². The number of nitrogens with one attached hydrogen (secondary N) is 2. The lowest BCUT2D eigenvalue weighted by Crippen LogP contribution is -2.39. The highest BCUT2D eigenvalue weighted by Crippen LogP contribution is 2.24. The van der Waals surface area contributed by atoms with Gasteiger partial charge >= 0.3 is 0 Å². The predicted molar refractivity (Wildman–Crippen MR) is 160 cm³/mol. The van der Waals surface area contributed by atoms with Crippen molar-refractivity contribution in [2.45, 2.75) is 11.8 Å². The average Bonchev–Trinajstić information content (AvgIpc) is 2.96. The maximum atomic E-state index is 13.4. The molecule has 42 heavy (non-hydrogen) atoms.